The number of hydrogen-bond acceptors (Lipinski definition) is 2. The van der Waals surface area contributed by atoms with Crippen LogP contribution in [0.3, 0.4) is 0 Å². The van der Waals surface area contributed by atoms with Gasteiger partial charge in [0.05, 0.1) is 0 Å². The van der Waals surface area contributed by atoms with Crippen molar-refractivity contribution in [1.82, 2.24) is 5.32 Å². The van der Waals surface area contributed by atoms with Crippen LogP contribution < -0.4 is 10.1 Å². The van der Waals surface area contributed by atoms with Gasteiger partial charge in [0.1, 0.15) is 5.75 Å². The molecule has 3 heteroatoms. The normalized spacial score (nSPS) is 17.4. The van der Waals surface area contributed by atoms with E-state index >= 15 is 0 Å². The fourth-order valence-corrected chi connectivity index (χ4v) is 2.26. The third-order valence-corrected chi connectivity index (χ3v) is 3.40. The third kappa shape index (κ3) is 3.49. The Morgan fingerprint density at radius 3 is 2.50 bits per heavy atom. The molecule has 0 unspecified atom stereocenters. The summed E-state index contributed by atoms with van der Waals surface area (Å²) in [6.45, 7) is 3.82. The zero-order valence-corrected chi connectivity index (χ0v) is 11.1. The molecule has 1 N–H and O–H groups in total. The van der Waals surface area contributed by atoms with Crippen molar-refractivity contribution in [2.45, 2.75) is 51.7 Å². The van der Waals surface area contributed by atoms with Crippen LogP contribution in [0.4, 0.5) is 0 Å². The molecule has 1 fully saturated rings. The molecule has 18 heavy (non-hydrogen) atoms. The molecule has 1 amide bonds. The van der Waals surface area contributed by atoms with Gasteiger partial charge in [0, 0.05) is 6.04 Å². The molecule has 1 aliphatic rings. The minimum absolute atomic E-state index is 0.0116. The van der Waals surface area contributed by atoms with Crippen molar-refractivity contribution in [2.75, 3.05) is 0 Å². The highest BCUT2D eigenvalue weighted by Gasteiger charge is 2.21. The van der Waals surface area contributed by atoms with Crippen molar-refractivity contribution in [1.29, 1.82) is 0 Å². The van der Waals surface area contributed by atoms with Gasteiger partial charge in [0.15, 0.2) is 6.10 Å². The minimum Gasteiger partial charge on any atom is -0.481 e. The SMILES string of the molecule is Cc1ccc(O[C@H](C)C(=O)NC2CCCC2)cc1. The average Bonchev–Trinajstić information content (AvgIpc) is 2.85. The highest BCUT2D eigenvalue weighted by Crippen LogP contribution is 2.18. The van der Waals surface area contributed by atoms with Gasteiger partial charge in [0.2, 0.25) is 0 Å². The van der Waals surface area contributed by atoms with Gasteiger partial charge in [-0.1, -0.05) is 30.5 Å². The molecule has 3 nitrogen and oxygen atoms in total. The van der Waals surface area contributed by atoms with Gasteiger partial charge in [0.25, 0.3) is 5.91 Å². The molecule has 1 aromatic carbocycles. The molecule has 1 aliphatic carbocycles. The standard InChI is InChI=1S/C15H21NO2/c1-11-7-9-14(10-8-11)18-12(2)15(17)16-13-5-3-4-6-13/h7-10,12-13H,3-6H2,1-2H3,(H,16,17)/t12-/m1/s1. The molecular weight excluding hydrogens is 226 g/mol. The molecule has 98 valence electrons. The summed E-state index contributed by atoms with van der Waals surface area (Å²) < 4.78 is 5.63. The summed E-state index contributed by atoms with van der Waals surface area (Å²) in [5.41, 5.74) is 1.19. The lowest BCUT2D eigenvalue weighted by molar-refractivity contribution is -0.127. The molecule has 0 heterocycles. The van der Waals surface area contributed by atoms with E-state index in [1.807, 2.05) is 31.2 Å². The van der Waals surface area contributed by atoms with E-state index in [1.165, 1.54) is 18.4 Å². The number of amides is 1. The van der Waals surface area contributed by atoms with Crippen molar-refractivity contribution >= 4 is 5.91 Å². The Bertz CT molecular complexity index is 393. The largest absolute Gasteiger partial charge is 0.481 e. The molecule has 0 bridgehead atoms. The first-order chi connectivity index (χ1) is 8.65. The van der Waals surface area contributed by atoms with Crippen molar-refractivity contribution in [3.05, 3.63) is 29.8 Å². The van der Waals surface area contributed by atoms with Crippen molar-refractivity contribution < 1.29 is 9.53 Å². The van der Waals surface area contributed by atoms with Crippen LogP contribution in [0.1, 0.15) is 38.2 Å². The summed E-state index contributed by atoms with van der Waals surface area (Å²) in [5, 5.41) is 3.05. The summed E-state index contributed by atoms with van der Waals surface area (Å²) >= 11 is 0. The van der Waals surface area contributed by atoms with Crippen molar-refractivity contribution in [2.24, 2.45) is 0 Å². The third-order valence-electron chi connectivity index (χ3n) is 3.40. The zero-order chi connectivity index (χ0) is 13.0. The number of ether oxygens (including phenoxy) is 1. The Kier molecular flexibility index (Phi) is 4.24. The van der Waals surface area contributed by atoms with Crippen LogP contribution in [0, 0.1) is 6.92 Å². The fraction of sp³-hybridized carbons (Fsp3) is 0.533. The van der Waals surface area contributed by atoms with Gasteiger partial charge < -0.3 is 10.1 Å². The van der Waals surface area contributed by atoms with E-state index in [9.17, 15) is 4.79 Å². The maximum absolute atomic E-state index is 11.9. The van der Waals surface area contributed by atoms with E-state index < -0.39 is 6.10 Å². The Morgan fingerprint density at radius 1 is 1.28 bits per heavy atom. The van der Waals surface area contributed by atoms with Crippen LogP contribution in [0.15, 0.2) is 24.3 Å². The summed E-state index contributed by atoms with van der Waals surface area (Å²) in [7, 11) is 0. The van der Waals surface area contributed by atoms with Crippen LogP contribution in [0.5, 0.6) is 5.75 Å². The summed E-state index contributed by atoms with van der Waals surface area (Å²) in [6.07, 6.45) is 4.20. The number of benzene rings is 1. The summed E-state index contributed by atoms with van der Waals surface area (Å²) in [4.78, 5) is 11.9. The predicted molar refractivity (Wildman–Crippen MR) is 71.7 cm³/mol. The predicted octanol–water partition coefficient (Wildman–Crippen LogP) is 2.82. The number of rotatable bonds is 4. The Morgan fingerprint density at radius 2 is 1.89 bits per heavy atom. The number of nitrogens with one attached hydrogen (secondary N) is 1. The molecule has 0 aromatic heterocycles. The number of aryl methyl sites for hydroxylation is 1. The van der Waals surface area contributed by atoms with Crippen molar-refractivity contribution in [3.8, 4) is 5.75 Å². The summed E-state index contributed by atoms with van der Waals surface area (Å²) in [5.74, 6) is 0.733. The highest BCUT2D eigenvalue weighted by molar-refractivity contribution is 5.81. The van der Waals surface area contributed by atoms with Crippen LogP contribution in [0.2, 0.25) is 0 Å². The van der Waals surface area contributed by atoms with E-state index in [-0.39, 0.29) is 5.91 Å². The van der Waals surface area contributed by atoms with Gasteiger partial charge in [-0.15, -0.1) is 0 Å². The maximum atomic E-state index is 11.9. The molecule has 0 spiro atoms. The lowest BCUT2D eigenvalue weighted by Crippen LogP contribution is -2.41. The zero-order valence-electron chi connectivity index (χ0n) is 11.1. The van der Waals surface area contributed by atoms with Crippen LogP contribution in [-0.4, -0.2) is 18.1 Å². The second-order valence-corrected chi connectivity index (χ2v) is 5.06. The summed E-state index contributed by atoms with van der Waals surface area (Å²) in [6, 6.07) is 8.11. The molecule has 0 aliphatic heterocycles. The van der Waals surface area contributed by atoms with E-state index in [1.54, 1.807) is 6.92 Å². The number of carbonyl (C=O) groups is 1. The van der Waals surface area contributed by atoms with E-state index in [0.29, 0.717) is 6.04 Å². The van der Waals surface area contributed by atoms with Gasteiger partial charge in [-0.3, -0.25) is 4.79 Å². The van der Waals surface area contributed by atoms with Crippen molar-refractivity contribution in [3.63, 3.8) is 0 Å². The van der Waals surface area contributed by atoms with Gasteiger partial charge in [-0.2, -0.15) is 0 Å². The van der Waals surface area contributed by atoms with Crippen LogP contribution in [0.25, 0.3) is 0 Å². The second-order valence-electron chi connectivity index (χ2n) is 5.06. The number of hydrogen-bond donors (Lipinski definition) is 1. The smallest absolute Gasteiger partial charge is 0.260 e. The molecule has 0 saturated heterocycles. The van der Waals surface area contributed by atoms with Gasteiger partial charge in [-0.05, 0) is 38.8 Å². The molecule has 1 saturated carbocycles. The van der Waals surface area contributed by atoms with E-state index in [0.717, 1.165) is 18.6 Å². The lowest BCUT2D eigenvalue weighted by Gasteiger charge is -2.18. The highest BCUT2D eigenvalue weighted by atomic mass is 16.5. The molecule has 1 atom stereocenters. The monoisotopic (exact) mass is 247 g/mol. The first kappa shape index (κ1) is 12.9. The second kappa shape index (κ2) is 5.89. The molecule has 0 radical (unpaired) electrons. The first-order valence-corrected chi connectivity index (χ1v) is 6.69. The molecular formula is C15H21NO2. The van der Waals surface area contributed by atoms with Gasteiger partial charge in [-0.25, -0.2) is 0 Å². The average molecular weight is 247 g/mol. The Hall–Kier alpha value is -1.51. The fourth-order valence-electron chi connectivity index (χ4n) is 2.26. The van der Waals surface area contributed by atoms with E-state index in [4.69, 9.17) is 4.74 Å². The van der Waals surface area contributed by atoms with Crippen LogP contribution >= 0.6 is 0 Å². The Balaban J connectivity index is 1.84. The first-order valence-electron chi connectivity index (χ1n) is 6.69. The quantitative estimate of drug-likeness (QED) is 0.888. The number of carbonyl (C=O) groups excluding carboxylic acids is 1. The maximum Gasteiger partial charge on any atom is 0.260 e. The molecule has 1 aromatic rings. The van der Waals surface area contributed by atoms with Crippen LogP contribution in [-0.2, 0) is 4.79 Å². The van der Waals surface area contributed by atoms with Gasteiger partial charge >= 0.3 is 0 Å². The van der Waals surface area contributed by atoms with E-state index in [2.05, 4.69) is 5.32 Å². The Labute approximate surface area is 109 Å². The topological polar surface area (TPSA) is 38.3 Å². The minimum atomic E-state index is -0.437. The molecule has 2 rings (SSSR count). The lowest BCUT2D eigenvalue weighted by atomic mass is 10.2.